The van der Waals surface area contributed by atoms with Crippen LogP contribution in [0.3, 0.4) is 0 Å². The fourth-order valence-corrected chi connectivity index (χ4v) is 3.36. The minimum Gasteiger partial charge on any atom is -0.211 e. The third kappa shape index (κ3) is 3.45. The Hall–Kier alpha value is -0.100. The molecule has 0 heterocycles. The van der Waals surface area contributed by atoms with Crippen molar-refractivity contribution in [3.63, 3.8) is 0 Å². The molecule has 0 bridgehead atoms. The van der Waals surface area contributed by atoms with Crippen molar-refractivity contribution in [2.75, 3.05) is 6.54 Å². The predicted molar refractivity (Wildman–Crippen MR) is 64.6 cm³/mol. The number of sulfonamides is 1. The van der Waals surface area contributed by atoms with Crippen LogP contribution in [0.4, 0.5) is 0 Å². The van der Waals surface area contributed by atoms with Crippen LogP contribution >= 0.6 is 27.5 Å². The number of hydrogen-bond donors (Lipinski definition) is 1. The number of hydrogen-bond acceptors (Lipinski definition) is 2. The van der Waals surface area contributed by atoms with Crippen LogP contribution in [0.25, 0.3) is 0 Å². The summed E-state index contributed by atoms with van der Waals surface area (Å²) in [7, 11) is -3.46. The Kier molecular flexibility index (Phi) is 4.58. The van der Waals surface area contributed by atoms with Gasteiger partial charge in [-0.2, -0.15) is 0 Å². The van der Waals surface area contributed by atoms with E-state index in [1.54, 1.807) is 12.1 Å². The molecule has 1 aromatic carbocycles. The maximum atomic E-state index is 11.8. The zero-order chi connectivity index (χ0) is 11.5. The van der Waals surface area contributed by atoms with Gasteiger partial charge in [0.05, 0.1) is 4.90 Å². The normalized spacial score (nSPS) is 11.7. The lowest BCUT2D eigenvalue weighted by atomic mass is 10.4. The third-order valence-electron chi connectivity index (χ3n) is 1.72. The second-order valence-electron chi connectivity index (χ2n) is 2.97. The van der Waals surface area contributed by atoms with Gasteiger partial charge in [0.25, 0.3) is 0 Å². The smallest absolute Gasteiger partial charge is 0.211 e. The first-order valence-electron chi connectivity index (χ1n) is 4.42. The lowest BCUT2D eigenvalue weighted by Crippen LogP contribution is -2.24. The van der Waals surface area contributed by atoms with E-state index in [2.05, 4.69) is 20.7 Å². The molecule has 1 rings (SSSR count). The SMILES string of the molecule is CCCNS(=O)(=O)c1cc(Cl)ccc1Br. The van der Waals surface area contributed by atoms with E-state index in [1.165, 1.54) is 6.07 Å². The molecular weight excluding hydrogens is 302 g/mol. The average molecular weight is 313 g/mol. The van der Waals surface area contributed by atoms with Crippen LogP contribution < -0.4 is 4.72 Å². The summed E-state index contributed by atoms with van der Waals surface area (Å²) in [5, 5.41) is 0.398. The maximum absolute atomic E-state index is 11.8. The molecule has 15 heavy (non-hydrogen) atoms. The first kappa shape index (κ1) is 13.0. The number of halogens is 2. The van der Waals surface area contributed by atoms with Gasteiger partial charge in [-0.15, -0.1) is 0 Å². The zero-order valence-corrected chi connectivity index (χ0v) is 11.3. The van der Waals surface area contributed by atoms with Gasteiger partial charge in [0.1, 0.15) is 0 Å². The van der Waals surface area contributed by atoms with Gasteiger partial charge >= 0.3 is 0 Å². The van der Waals surface area contributed by atoms with Crippen molar-refractivity contribution in [3.05, 3.63) is 27.7 Å². The van der Waals surface area contributed by atoms with E-state index in [0.29, 0.717) is 16.0 Å². The highest BCUT2D eigenvalue weighted by atomic mass is 79.9. The Morgan fingerprint density at radius 2 is 2.13 bits per heavy atom. The van der Waals surface area contributed by atoms with E-state index in [4.69, 9.17) is 11.6 Å². The highest BCUT2D eigenvalue weighted by Gasteiger charge is 2.16. The van der Waals surface area contributed by atoms with Gasteiger partial charge in [-0.3, -0.25) is 0 Å². The van der Waals surface area contributed by atoms with Crippen LogP contribution in [0.5, 0.6) is 0 Å². The minimum atomic E-state index is -3.46. The van der Waals surface area contributed by atoms with E-state index in [1.807, 2.05) is 6.92 Å². The monoisotopic (exact) mass is 311 g/mol. The maximum Gasteiger partial charge on any atom is 0.241 e. The summed E-state index contributed by atoms with van der Waals surface area (Å²) >= 11 is 8.92. The van der Waals surface area contributed by atoms with Gasteiger partial charge in [-0.05, 0) is 40.5 Å². The van der Waals surface area contributed by atoms with Crippen LogP contribution in [-0.4, -0.2) is 15.0 Å². The lowest BCUT2D eigenvalue weighted by molar-refractivity contribution is 0.580. The first-order valence-corrected chi connectivity index (χ1v) is 7.07. The quantitative estimate of drug-likeness (QED) is 0.929. The molecule has 6 heteroatoms. The van der Waals surface area contributed by atoms with Crippen molar-refractivity contribution >= 4 is 37.6 Å². The molecule has 84 valence electrons. The van der Waals surface area contributed by atoms with E-state index in [0.717, 1.165) is 6.42 Å². The molecule has 0 saturated heterocycles. The van der Waals surface area contributed by atoms with Crippen molar-refractivity contribution in [2.45, 2.75) is 18.2 Å². The lowest BCUT2D eigenvalue weighted by Gasteiger charge is -2.07. The van der Waals surface area contributed by atoms with E-state index in [9.17, 15) is 8.42 Å². The summed E-state index contributed by atoms with van der Waals surface area (Å²) in [6.45, 7) is 2.32. The minimum absolute atomic E-state index is 0.170. The second-order valence-corrected chi connectivity index (χ2v) is 6.00. The van der Waals surface area contributed by atoms with Crippen molar-refractivity contribution in [1.29, 1.82) is 0 Å². The largest absolute Gasteiger partial charge is 0.241 e. The summed E-state index contributed by atoms with van der Waals surface area (Å²) in [6.07, 6.45) is 0.747. The Balaban J connectivity index is 3.09. The first-order chi connectivity index (χ1) is 6.97. The molecule has 0 atom stereocenters. The predicted octanol–water partition coefficient (Wildman–Crippen LogP) is 2.79. The van der Waals surface area contributed by atoms with Crippen molar-refractivity contribution < 1.29 is 8.42 Å². The van der Waals surface area contributed by atoms with Crippen molar-refractivity contribution in [2.24, 2.45) is 0 Å². The van der Waals surface area contributed by atoms with Crippen molar-refractivity contribution in [1.82, 2.24) is 4.72 Å². The molecule has 3 nitrogen and oxygen atoms in total. The van der Waals surface area contributed by atoms with E-state index >= 15 is 0 Å². The Morgan fingerprint density at radius 3 is 2.73 bits per heavy atom. The van der Waals surface area contributed by atoms with Crippen LogP contribution in [0.1, 0.15) is 13.3 Å². The molecule has 1 aromatic rings. The van der Waals surface area contributed by atoms with Gasteiger partial charge in [0, 0.05) is 16.0 Å². The average Bonchev–Trinajstić information content (AvgIpc) is 2.18. The molecule has 0 saturated carbocycles. The molecule has 0 amide bonds. The molecule has 0 aliphatic heterocycles. The Morgan fingerprint density at radius 1 is 1.47 bits per heavy atom. The molecule has 0 aromatic heterocycles. The van der Waals surface area contributed by atoms with Gasteiger partial charge in [0.2, 0.25) is 10.0 Å². The number of nitrogens with one attached hydrogen (secondary N) is 1. The van der Waals surface area contributed by atoms with Crippen molar-refractivity contribution in [3.8, 4) is 0 Å². The summed E-state index contributed by atoms with van der Waals surface area (Å²) < 4.78 is 26.5. The van der Waals surface area contributed by atoms with Gasteiger partial charge in [-0.1, -0.05) is 18.5 Å². The number of rotatable bonds is 4. The zero-order valence-electron chi connectivity index (χ0n) is 8.13. The molecule has 0 fully saturated rings. The van der Waals surface area contributed by atoms with Crippen LogP contribution in [0.2, 0.25) is 5.02 Å². The number of benzene rings is 1. The summed E-state index contributed by atoms with van der Waals surface area (Å²) in [4.78, 5) is 0.170. The molecule has 0 spiro atoms. The van der Waals surface area contributed by atoms with E-state index < -0.39 is 10.0 Å². The molecule has 0 aliphatic rings. The Bertz CT molecular complexity index is 447. The van der Waals surface area contributed by atoms with Crippen LogP contribution in [0.15, 0.2) is 27.6 Å². The molecule has 0 aliphatic carbocycles. The second kappa shape index (κ2) is 5.30. The topological polar surface area (TPSA) is 46.2 Å². The van der Waals surface area contributed by atoms with E-state index in [-0.39, 0.29) is 4.90 Å². The Labute approximate surface area is 103 Å². The highest BCUT2D eigenvalue weighted by molar-refractivity contribution is 9.10. The standard InChI is InChI=1S/C9H11BrClNO2S/c1-2-5-12-15(13,14)9-6-7(11)3-4-8(9)10/h3-4,6,12H,2,5H2,1H3. The van der Waals surface area contributed by atoms with Crippen LogP contribution in [-0.2, 0) is 10.0 Å². The molecule has 0 radical (unpaired) electrons. The summed E-state index contributed by atoms with van der Waals surface area (Å²) in [5.74, 6) is 0. The van der Waals surface area contributed by atoms with Gasteiger partial charge < -0.3 is 0 Å². The summed E-state index contributed by atoms with van der Waals surface area (Å²) in [6, 6.07) is 4.66. The fourth-order valence-electron chi connectivity index (χ4n) is 0.997. The third-order valence-corrected chi connectivity index (χ3v) is 4.41. The van der Waals surface area contributed by atoms with Gasteiger partial charge in [0.15, 0.2) is 0 Å². The fraction of sp³-hybridized carbons (Fsp3) is 0.333. The highest BCUT2D eigenvalue weighted by Crippen LogP contribution is 2.25. The molecular formula is C9H11BrClNO2S. The summed E-state index contributed by atoms with van der Waals surface area (Å²) in [5.41, 5.74) is 0. The van der Waals surface area contributed by atoms with Gasteiger partial charge in [-0.25, -0.2) is 13.1 Å². The van der Waals surface area contributed by atoms with Crippen LogP contribution in [0, 0.1) is 0 Å². The molecule has 0 unspecified atom stereocenters. The molecule has 1 N–H and O–H groups in total.